The molecule has 0 fully saturated rings. The van der Waals surface area contributed by atoms with Gasteiger partial charge in [0.05, 0.1) is 5.69 Å². The predicted molar refractivity (Wildman–Crippen MR) is 91.9 cm³/mol. The summed E-state index contributed by atoms with van der Waals surface area (Å²) in [5.74, 6) is -6.16. The largest absolute Gasteiger partial charge is 0.402 e. The Morgan fingerprint density at radius 2 is 1.69 bits per heavy atom. The van der Waals surface area contributed by atoms with Gasteiger partial charge in [0.2, 0.25) is 0 Å². The maximum atomic E-state index is 14.4. The summed E-state index contributed by atoms with van der Waals surface area (Å²) >= 11 is 0. The molecule has 1 amide bonds. The first kappa shape index (κ1) is 19.2. The maximum Gasteiger partial charge on any atom is 0.261 e. The summed E-state index contributed by atoms with van der Waals surface area (Å²) in [5, 5.41) is 1.96. The number of anilines is 1. The molecule has 0 radical (unpaired) electrons. The number of amides is 1. The Bertz CT molecular complexity index is 899. The van der Waals surface area contributed by atoms with Crippen LogP contribution in [0.5, 0.6) is 0 Å². The van der Waals surface area contributed by atoms with Gasteiger partial charge in [0.1, 0.15) is 17.2 Å². The van der Waals surface area contributed by atoms with E-state index in [2.05, 4.69) is 4.99 Å². The third-order valence-electron chi connectivity index (χ3n) is 3.49. The van der Waals surface area contributed by atoms with E-state index in [-0.39, 0.29) is 16.8 Å². The zero-order valence-electron chi connectivity index (χ0n) is 13.9. The highest BCUT2D eigenvalue weighted by Gasteiger charge is 2.21. The van der Waals surface area contributed by atoms with E-state index in [9.17, 15) is 22.4 Å². The SMILES string of the molecule is CN=C/C(=C(/C)N)c1ccc(NC(=O)c2c(F)cccc2F)c(F)c1F. The standard InChI is InChI=1S/C18H15F4N3O/c1-9(23)11(8-24-2)10-6-7-14(17(22)16(10)21)25-18(26)15-12(19)4-3-5-13(15)20/h3-8H,23H2,1-2H3,(H,25,26)/b11-9+,24-8?. The minimum absolute atomic E-state index is 0.164. The molecule has 0 spiro atoms. The number of carbonyl (C=O) groups is 1. The molecule has 0 aliphatic carbocycles. The summed E-state index contributed by atoms with van der Waals surface area (Å²) in [7, 11) is 1.44. The third kappa shape index (κ3) is 3.74. The summed E-state index contributed by atoms with van der Waals surface area (Å²) < 4.78 is 55.9. The van der Waals surface area contributed by atoms with Crippen molar-refractivity contribution in [3.63, 3.8) is 0 Å². The number of carbonyl (C=O) groups excluding carboxylic acids is 1. The van der Waals surface area contributed by atoms with Crippen LogP contribution in [0.25, 0.3) is 5.57 Å². The first-order valence-electron chi connectivity index (χ1n) is 7.40. The van der Waals surface area contributed by atoms with Crippen LogP contribution in [-0.4, -0.2) is 19.2 Å². The smallest absolute Gasteiger partial charge is 0.261 e. The summed E-state index contributed by atoms with van der Waals surface area (Å²) in [6.45, 7) is 1.49. The lowest BCUT2D eigenvalue weighted by atomic mass is 10.0. The second-order valence-corrected chi connectivity index (χ2v) is 5.32. The highest BCUT2D eigenvalue weighted by atomic mass is 19.2. The van der Waals surface area contributed by atoms with Crippen LogP contribution in [0.4, 0.5) is 23.2 Å². The van der Waals surface area contributed by atoms with Gasteiger partial charge in [-0.05, 0) is 31.2 Å². The minimum Gasteiger partial charge on any atom is -0.402 e. The summed E-state index contributed by atoms with van der Waals surface area (Å²) in [5.41, 5.74) is 4.40. The predicted octanol–water partition coefficient (Wildman–Crippen LogP) is 3.89. The van der Waals surface area contributed by atoms with Gasteiger partial charge in [0.15, 0.2) is 11.6 Å². The highest BCUT2D eigenvalue weighted by Crippen LogP contribution is 2.27. The van der Waals surface area contributed by atoms with E-state index < -0.39 is 40.4 Å². The third-order valence-corrected chi connectivity index (χ3v) is 3.49. The van der Waals surface area contributed by atoms with Crippen molar-refractivity contribution < 1.29 is 22.4 Å². The molecule has 0 aromatic heterocycles. The normalized spacial score (nSPS) is 12.2. The molecule has 0 bridgehead atoms. The van der Waals surface area contributed by atoms with Gasteiger partial charge in [-0.2, -0.15) is 0 Å². The first-order valence-corrected chi connectivity index (χ1v) is 7.40. The average molecular weight is 365 g/mol. The van der Waals surface area contributed by atoms with Gasteiger partial charge in [0, 0.05) is 30.1 Å². The van der Waals surface area contributed by atoms with E-state index in [4.69, 9.17) is 5.73 Å². The van der Waals surface area contributed by atoms with Crippen molar-refractivity contribution in [2.24, 2.45) is 10.7 Å². The van der Waals surface area contributed by atoms with Crippen LogP contribution in [-0.2, 0) is 0 Å². The summed E-state index contributed by atoms with van der Waals surface area (Å²) in [6, 6.07) is 5.08. The molecule has 4 nitrogen and oxygen atoms in total. The molecule has 2 aromatic rings. The first-order chi connectivity index (χ1) is 12.3. The second kappa shape index (κ2) is 7.81. The molecule has 0 aliphatic rings. The van der Waals surface area contributed by atoms with Crippen LogP contribution in [0.3, 0.4) is 0 Å². The number of hydrogen-bond acceptors (Lipinski definition) is 3. The fourth-order valence-electron chi connectivity index (χ4n) is 2.27. The van der Waals surface area contributed by atoms with Gasteiger partial charge >= 0.3 is 0 Å². The van der Waals surface area contributed by atoms with E-state index >= 15 is 0 Å². The van der Waals surface area contributed by atoms with Crippen molar-refractivity contribution in [2.45, 2.75) is 6.92 Å². The Balaban J connectivity index is 2.43. The van der Waals surface area contributed by atoms with Crippen LogP contribution in [0.2, 0.25) is 0 Å². The van der Waals surface area contributed by atoms with Crippen molar-refractivity contribution in [2.75, 3.05) is 12.4 Å². The molecule has 0 atom stereocenters. The van der Waals surface area contributed by atoms with Crippen molar-refractivity contribution in [1.29, 1.82) is 0 Å². The van der Waals surface area contributed by atoms with Crippen LogP contribution in [0.15, 0.2) is 41.0 Å². The van der Waals surface area contributed by atoms with Crippen LogP contribution in [0.1, 0.15) is 22.8 Å². The number of nitrogens with zero attached hydrogens (tertiary/aromatic N) is 1. The minimum atomic E-state index is -1.39. The van der Waals surface area contributed by atoms with Crippen molar-refractivity contribution in [3.8, 4) is 0 Å². The van der Waals surface area contributed by atoms with E-state index in [0.29, 0.717) is 0 Å². The van der Waals surface area contributed by atoms with Crippen LogP contribution in [0, 0.1) is 23.3 Å². The molecule has 3 N–H and O–H groups in total. The zero-order chi connectivity index (χ0) is 19.4. The molecular formula is C18H15F4N3O. The van der Waals surface area contributed by atoms with Crippen LogP contribution >= 0.6 is 0 Å². The number of nitrogens with two attached hydrogens (primary N) is 1. The Hall–Kier alpha value is -3.16. The lowest BCUT2D eigenvalue weighted by Crippen LogP contribution is -2.17. The van der Waals surface area contributed by atoms with Gasteiger partial charge in [-0.15, -0.1) is 0 Å². The van der Waals surface area contributed by atoms with Gasteiger partial charge in [-0.25, -0.2) is 17.6 Å². The Morgan fingerprint density at radius 3 is 2.23 bits per heavy atom. The van der Waals surface area contributed by atoms with E-state index in [1.807, 2.05) is 5.32 Å². The zero-order valence-corrected chi connectivity index (χ0v) is 13.9. The molecule has 8 heteroatoms. The molecule has 0 unspecified atom stereocenters. The van der Waals surface area contributed by atoms with Gasteiger partial charge in [-0.3, -0.25) is 9.79 Å². The highest BCUT2D eigenvalue weighted by molar-refractivity contribution is 6.11. The van der Waals surface area contributed by atoms with Crippen molar-refractivity contribution >= 4 is 23.4 Å². The molecule has 136 valence electrons. The number of nitrogens with one attached hydrogen (secondary N) is 1. The molecule has 0 aliphatic heterocycles. The fourth-order valence-corrected chi connectivity index (χ4v) is 2.27. The molecule has 0 heterocycles. The topological polar surface area (TPSA) is 67.5 Å². The molecule has 2 rings (SSSR count). The maximum absolute atomic E-state index is 14.4. The monoisotopic (exact) mass is 365 g/mol. The molecule has 0 saturated carbocycles. The Labute approximate surface area is 147 Å². The van der Waals surface area contributed by atoms with Crippen molar-refractivity contribution in [3.05, 3.63) is 70.4 Å². The molecule has 0 saturated heterocycles. The lowest BCUT2D eigenvalue weighted by molar-refractivity contribution is 0.101. The second-order valence-electron chi connectivity index (χ2n) is 5.32. The van der Waals surface area contributed by atoms with Crippen molar-refractivity contribution in [1.82, 2.24) is 0 Å². The molecule has 26 heavy (non-hydrogen) atoms. The number of halogens is 4. The number of hydrogen-bond donors (Lipinski definition) is 2. The van der Waals surface area contributed by atoms with E-state index in [1.54, 1.807) is 0 Å². The number of allylic oxidation sites excluding steroid dienone is 2. The quantitative estimate of drug-likeness (QED) is 0.638. The van der Waals surface area contributed by atoms with Gasteiger partial charge < -0.3 is 11.1 Å². The lowest BCUT2D eigenvalue weighted by Gasteiger charge is -2.12. The summed E-state index contributed by atoms with van der Waals surface area (Å²) in [6.07, 6.45) is 1.26. The number of aliphatic imine (C=N–C) groups is 1. The fraction of sp³-hybridized carbons (Fsp3) is 0.111. The Morgan fingerprint density at radius 1 is 1.08 bits per heavy atom. The van der Waals surface area contributed by atoms with E-state index in [1.165, 1.54) is 26.3 Å². The molecular weight excluding hydrogens is 350 g/mol. The van der Waals surface area contributed by atoms with Gasteiger partial charge in [-0.1, -0.05) is 6.07 Å². The van der Waals surface area contributed by atoms with Crippen LogP contribution < -0.4 is 11.1 Å². The van der Waals surface area contributed by atoms with E-state index in [0.717, 1.165) is 24.3 Å². The molecule has 2 aromatic carbocycles. The number of rotatable bonds is 4. The van der Waals surface area contributed by atoms with Gasteiger partial charge in [0.25, 0.3) is 5.91 Å². The Kier molecular flexibility index (Phi) is 5.76. The average Bonchev–Trinajstić information content (AvgIpc) is 2.57. The summed E-state index contributed by atoms with van der Waals surface area (Å²) in [4.78, 5) is 15.7. The number of benzene rings is 2.